The summed E-state index contributed by atoms with van der Waals surface area (Å²) in [7, 11) is 1.28. The Hall–Kier alpha value is -1.84. The van der Waals surface area contributed by atoms with Crippen LogP contribution in [0.4, 0.5) is 4.79 Å². The Kier molecular flexibility index (Phi) is 2.90. The molecule has 2 rings (SSSR count). The Morgan fingerprint density at radius 3 is 2.69 bits per heavy atom. The van der Waals surface area contributed by atoms with Gasteiger partial charge in [0.1, 0.15) is 0 Å². The molecule has 2 amide bonds. The molecule has 84 valence electrons. The van der Waals surface area contributed by atoms with Crippen molar-refractivity contribution >= 4 is 12.0 Å². The number of carbonyl (C=O) groups is 2. The van der Waals surface area contributed by atoms with Crippen LogP contribution in [0, 0.1) is 0 Å². The molecule has 0 aliphatic carbocycles. The Balaban J connectivity index is 2.13. The lowest BCUT2D eigenvalue weighted by molar-refractivity contribution is -0.126. The molecule has 0 N–H and O–H groups in total. The minimum absolute atomic E-state index is 0.0906. The molecule has 4 heteroatoms. The van der Waals surface area contributed by atoms with Crippen LogP contribution in [-0.2, 0) is 9.53 Å². The number of ether oxygens (including phenoxy) is 1. The van der Waals surface area contributed by atoms with E-state index in [1.54, 1.807) is 0 Å². The molecule has 4 nitrogen and oxygen atoms in total. The third-order valence-electron chi connectivity index (χ3n) is 2.79. The molecular formula is C12H13NO3. The summed E-state index contributed by atoms with van der Waals surface area (Å²) in [6, 6.07) is 9.73. The molecule has 0 aromatic heterocycles. The maximum Gasteiger partial charge on any atom is 0.416 e. The summed E-state index contributed by atoms with van der Waals surface area (Å²) in [4.78, 5) is 24.0. The van der Waals surface area contributed by atoms with Gasteiger partial charge in [0.2, 0.25) is 5.91 Å². The standard InChI is InChI=1S/C12H13NO3/c1-16-12(15)13-8-10(7-11(13)14)9-5-3-2-4-6-9/h2-6,10H,7-8H2,1H3/t10-/m1/s1. The number of hydrogen-bond donors (Lipinski definition) is 0. The van der Waals surface area contributed by atoms with Gasteiger partial charge in [-0.15, -0.1) is 0 Å². The number of nitrogens with zero attached hydrogens (tertiary/aromatic N) is 1. The molecule has 1 aliphatic rings. The molecule has 0 unspecified atom stereocenters. The Labute approximate surface area is 93.8 Å². The highest BCUT2D eigenvalue weighted by molar-refractivity contribution is 5.94. The van der Waals surface area contributed by atoms with Crippen molar-refractivity contribution in [3.8, 4) is 0 Å². The zero-order chi connectivity index (χ0) is 11.5. The highest BCUT2D eigenvalue weighted by atomic mass is 16.5. The topological polar surface area (TPSA) is 46.6 Å². The Bertz CT molecular complexity index is 402. The minimum atomic E-state index is -0.566. The molecule has 1 fully saturated rings. The first-order valence-electron chi connectivity index (χ1n) is 5.15. The zero-order valence-corrected chi connectivity index (χ0v) is 9.05. The predicted octanol–water partition coefficient (Wildman–Crippen LogP) is 1.77. The highest BCUT2D eigenvalue weighted by Gasteiger charge is 2.35. The van der Waals surface area contributed by atoms with Crippen molar-refractivity contribution in [3.05, 3.63) is 35.9 Å². The van der Waals surface area contributed by atoms with Crippen LogP contribution in [0.5, 0.6) is 0 Å². The van der Waals surface area contributed by atoms with Crippen molar-refractivity contribution in [3.63, 3.8) is 0 Å². The number of hydrogen-bond acceptors (Lipinski definition) is 3. The maximum atomic E-state index is 11.6. The van der Waals surface area contributed by atoms with Gasteiger partial charge in [-0.2, -0.15) is 0 Å². The van der Waals surface area contributed by atoms with Crippen LogP contribution in [0.2, 0.25) is 0 Å². The fourth-order valence-corrected chi connectivity index (χ4v) is 1.94. The number of rotatable bonds is 1. The molecule has 1 heterocycles. The van der Waals surface area contributed by atoms with Crippen molar-refractivity contribution in [2.45, 2.75) is 12.3 Å². The molecule has 1 aliphatic heterocycles. The van der Waals surface area contributed by atoms with Gasteiger partial charge >= 0.3 is 6.09 Å². The van der Waals surface area contributed by atoms with E-state index in [0.29, 0.717) is 13.0 Å². The van der Waals surface area contributed by atoms with E-state index in [1.165, 1.54) is 7.11 Å². The van der Waals surface area contributed by atoms with Crippen molar-refractivity contribution in [1.29, 1.82) is 0 Å². The van der Waals surface area contributed by atoms with Gasteiger partial charge in [-0.1, -0.05) is 30.3 Å². The zero-order valence-electron chi connectivity index (χ0n) is 9.05. The van der Waals surface area contributed by atoms with Crippen LogP contribution in [0.3, 0.4) is 0 Å². The average molecular weight is 219 g/mol. The number of methoxy groups -OCH3 is 1. The summed E-state index contributed by atoms with van der Waals surface area (Å²) in [6.07, 6.45) is -0.192. The van der Waals surface area contributed by atoms with Crippen LogP contribution in [0.25, 0.3) is 0 Å². The first-order valence-corrected chi connectivity index (χ1v) is 5.15. The molecule has 0 radical (unpaired) electrons. The smallest absolute Gasteiger partial charge is 0.416 e. The molecule has 16 heavy (non-hydrogen) atoms. The first-order chi connectivity index (χ1) is 7.72. The number of amides is 2. The molecule has 1 aromatic carbocycles. The fraction of sp³-hybridized carbons (Fsp3) is 0.333. The molecule has 1 atom stereocenters. The summed E-state index contributed by atoms with van der Waals surface area (Å²) in [6.45, 7) is 0.412. The fourth-order valence-electron chi connectivity index (χ4n) is 1.94. The normalized spacial score (nSPS) is 19.9. The van der Waals surface area contributed by atoms with Crippen LogP contribution < -0.4 is 0 Å². The third-order valence-corrected chi connectivity index (χ3v) is 2.79. The Morgan fingerprint density at radius 1 is 1.38 bits per heavy atom. The van der Waals surface area contributed by atoms with Gasteiger partial charge in [0.15, 0.2) is 0 Å². The summed E-state index contributed by atoms with van der Waals surface area (Å²) < 4.78 is 4.55. The van der Waals surface area contributed by atoms with E-state index in [-0.39, 0.29) is 11.8 Å². The molecule has 0 bridgehead atoms. The first kappa shape index (κ1) is 10.7. The number of likely N-dealkylation sites (tertiary alicyclic amines) is 1. The van der Waals surface area contributed by atoms with Gasteiger partial charge in [0, 0.05) is 18.9 Å². The highest BCUT2D eigenvalue weighted by Crippen LogP contribution is 2.28. The summed E-state index contributed by atoms with van der Waals surface area (Å²) in [5.41, 5.74) is 1.09. The van der Waals surface area contributed by atoms with Crippen molar-refractivity contribution in [1.82, 2.24) is 4.90 Å². The van der Waals surface area contributed by atoms with Gasteiger partial charge in [-0.25, -0.2) is 9.69 Å². The van der Waals surface area contributed by atoms with E-state index < -0.39 is 6.09 Å². The van der Waals surface area contributed by atoms with E-state index in [0.717, 1.165) is 10.5 Å². The van der Waals surface area contributed by atoms with Crippen molar-refractivity contribution < 1.29 is 14.3 Å². The van der Waals surface area contributed by atoms with Crippen molar-refractivity contribution in [2.24, 2.45) is 0 Å². The van der Waals surface area contributed by atoms with Gasteiger partial charge in [0.05, 0.1) is 7.11 Å². The second-order valence-corrected chi connectivity index (χ2v) is 3.79. The number of carbonyl (C=O) groups excluding carboxylic acids is 2. The van der Waals surface area contributed by atoms with Gasteiger partial charge < -0.3 is 4.74 Å². The second-order valence-electron chi connectivity index (χ2n) is 3.79. The second kappa shape index (κ2) is 4.35. The summed E-state index contributed by atoms with van der Waals surface area (Å²) >= 11 is 0. The summed E-state index contributed by atoms with van der Waals surface area (Å²) in [5.74, 6) is -0.0755. The van der Waals surface area contributed by atoms with Crippen LogP contribution in [-0.4, -0.2) is 30.6 Å². The monoisotopic (exact) mass is 219 g/mol. The number of benzene rings is 1. The van der Waals surface area contributed by atoms with Gasteiger partial charge in [-0.3, -0.25) is 4.79 Å². The maximum absolute atomic E-state index is 11.6. The largest absolute Gasteiger partial charge is 0.452 e. The Morgan fingerprint density at radius 2 is 2.06 bits per heavy atom. The molecule has 1 aromatic rings. The van der Waals surface area contributed by atoms with E-state index in [2.05, 4.69) is 4.74 Å². The van der Waals surface area contributed by atoms with Crippen LogP contribution in [0.1, 0.15) is 17.9 Å². The van der Waals surface area contributed by atoms with Gasteiger partial charge in [0.25, 0.3) is 0 Å². The lowest BCUT2D eigenvalue weighted by atomic mass is 9.99. The third kappa shape index (κ3) is 1.91. The van der Waals surface area contributed by atoms with E-state index in [4.69, 9.17) is 0 Å². The molecule has 1 saturated heterocycles. The van der Waals surface area contributed by atoms with E-state index in [1.807, 2.05) is 30.3 Å². The molecular weight excluding hydrogens is 206 g/mol. The molecule has 0 saturated carbocycles. The van der Waals surface area contributed by atoms with Crippen LogP contribution >= 0.6 is 0 Å². The van der Waals surface area contributed by atoms with E-state index in [9.17, 15) is 9.59 Å². The van der Waals surface area contributed by atoms with Crippen molar-refractivity contribution in [2.75, 3.05) is 13.7 Å². The lowest BCUT2D eigenvalue weighted by Crippen LogP contribution is -2.31. The summed E-state index contributed by atoms with van der Waals surface area (Å²) in [5, 5.41) is 0. The van der Waals surface area contributed by atoms with E-state index >= 15 is 0 Å². The predicted molar refractivity (Wildman–Crippen MR) is 57.9 cm³/mol. The SMILES string of the molecule is COC(=O)N1C[C@H](c2ccccc2)CC1=O. The van der Waals surface area contributed by atoms with Crippen LogP contribution in [0.15, 0.2) is 30.3 Å². The van der Waals surface area contributed by atoms with Gasteiger partial charge in [-0.05, 0) is 5.56 Å². The number of imide groups is 1. The molecule has 0 spiro atoms. The quantitative estimate of drug-likeness (QED) is 0.723. The average Bonchev–Trinajstić information content (AvgIpc) is 2.71. The minimum Gasteiger partial charge on any atom is -0.452 e. The lowest BCUT2D eigenvalue weighted by Gasteiger charge is -2.12.